The number of allylic oxidation sites excluding steroid dienone is 1. The Labute approximate surface area is 129 Å². The zero-order chi connectivity index (χ0) is 14.9. The SMILES string of the molecule is CC[C@H]1CC[C@H](CCc2ccc(CCC=CF)cc2)CC1. The molecule has 21 heavy (non-hydrogen) atoms. The number of benzene rings is 1. The fourth-order valence-electron chi connectivity index (χ4n) is 3.48. The molecule has 0 bridgehead atoms. The van der Waals surface area contributed by atoms with Gasteiger partial charge in [0.05, 0.1) is 6.33 Å². The largest absolute Gasteiger partial charge is 0.216 e. The van der Waals surface area contributed by atoms with E-state index in [4.69, 9.17) is 0 Å². The third-order valence-corrected chi connectivity index (χ3v) is 5.10. The first-order valence-electron chi connectivity index (χ1n) is 8.64. The van der Waals surface area contributed by atoms with Crippen LogP contribution in [0.1, 0.15) is 63.0 Å². The summed E-state index contributed by atoms with van der Waals surface area (Å²) in [6, 6.07) is 8.92. The molecule has 1 heteroatoms. The molecule has 0 amide bonds. The highest BCUT2D eigenvalue weighted by Crippen LogP contribution is 2.33. The zero-order valence-electron chi connectivity index (χ0n) is 13.4. The molecular formula is C20H29F. The van der Waals surface area contributed by atoms with Crippen LogP contribution in [0.5, 0.6) is 0 Å². The van der Waals surface area contributed by atoms with Crippen LogP contribution in [-0.2, 0) is 12.8 Å². The summed E-state index contributed by atoms with van der Waals surface area (Å²) >= 11 is 0. The molecule has 0 atom stereocenters. The Hall–Kier alpha value is -1.11. The van der Waals surface area contributed by atoms with Gasteiger partial charge in [-0.2, -0.15) is 0 Å². The molecule has 0 unspecified atom stereocenters. The summed E-state index contributed by atoms with van der Waals surface area (Å²) in [4.78, 5) is 0. The van der Waals surface area contributed by atoms with Crippen LogP contribution in [0.15, 0.2) is 36.7 Å². The first-order chi connectivity index (χ1) is 10.3. The monoisotopic (exact) mass is 288 g/mol. The Morgan fingerprint density at radius 1 is 0.952 bits per heavy atom. The van der Waals surface area contributed by atoms with Gasteiger partial charge in [0, 0.05) is 0 Å². The summed E-state index contributed by atoms with van der Waals surface area (Å²) < 4.78 is 11.9. The van der Waals surface area contributed by atoms with Gasteiger partial charge in [-0.1, -0.05) is 69.4 Å². The lowest BCUT2D eigenvalue weighted by atomic mass is 9.78. The van der Waals surface area contributed by atoms with Crippen LogP contribution >= 0.6 is 0 Å². The smallest absolute Gasteiger partial charge is 0.0827 e. The van der Waals surface area contributed by atoms with E-state index in [1.165, 1.54) is 56.1 Å². The molecule has 0 nitrogen and oxygen atoms in total. The third kappa shape index (κ3) is 5.65. The first-order valence-corrected chi connectivity index (χ1v) is 8.64. The minimum atomic E-state index is 0.641. The van der Waals surface area contributed by atoms with Crippen molar-refractivity contribution in [2.24, 2.45) is 11.8 Å². The van der Waals surface area contributed by atoms with E-state index in [1.54, 1.807) is 6.08 Å². The molecule has 1 saturated carbocycles. The van der Waals surface area contributed by atoms with Gasteiger partial charge in [0.25, 0.3) is 0 Å². The average Bonchev–Trinajstić information content (AvgIpc) is 2.55. The maximum Gasteiger partial charge on any atom is 0.0827 e. The Morgan fingerprint density at radius 3 is 2.10 bits per heavy atom. The van der Waals surface area contributed by atoms with Crippen LogP contribution in [0.2, 0.25) is 0 Å². The molecule has 0 aliphatic heterocycles. The van der Waals surface area contributed by atoms with E-state index in [2.05, 4.69) is 31.2 Å². The highest BCUT2D eigenvalue weighted by Gasteiger charge is 2.19. The van der Waals surface area contributed by atoms with Crippen LogP contribution in [-0.4, -0.2) is 0 Å². The lowest BCUT2D eigenvalue weighted by Gasteiger charge is -2.27. The number of halogens is 1. The predicted molar refractivity (Wildman–Crippen MR) is 89.1 cm³/mol. The van der Waals surface area contributed by atoms with Crippen molar-refractivity contribution < 1.29 is 4.39 Å². The van der Waals surface area contributed by atoms with Gasteiger partial charge in [-0.05, 0) is 48.6 Å². The standard InChI is InChI=1S/C20H29F/c1-2-17-6-8-19(9-7-17)14-15-20-12-10-18(11-13-20)5-3-4-16-21/h4,10-13,16-17,19H,2-3,5-9,14-15H2,1H3/t17-,19-. The van der Waals surface area contributed by atoms with Gasteiger partial charge in [0.1, 0.15) is 0 Å². The minimum absolute atomic E-state index is 0.641. The minimum Gasteiger partial charge on any atom is -0.216 e. The van der Waals surface area contributed by atoms with E-state index in [0.717, 1.165) is 24.7 Å². The lowest BCUT2D eigenvalue weighted by molar-refractivity contribution is 0.259. The Balaban J connectivity index is 1.71. The number of hydrogen-bond donors (Lipinski definition) is 0. The molecule has 0 aromatic heterocycles. The van der Waals surface area contributed by atoms with Gasteiger partial charge < -0.3 is 0 Å². The van der Waals surface area contributed by atoms with E-state index >= 15 is 0 Å². The number of aryl methyl sites for hydroxylation is 2. The summed E-state index contributed by atoms with van der Waals surface area (Å²) in [5.41, 5.74) is 2.76. The molecule has 0 spiro atoms. The van der Waals surface area contributed by atoms with E-state index in [-0.39, 0.29) is 0 Å². The van der Waals surface area contributed by atoms with Crippen molar-refractivity contribution in [2.45, 2.75) is 64.7 Å². The first kappa shape index (κ1) is 16.3. The Kier molecular flexibility index (Phi) is 6.99. The van der Waals surface area contributed by atoms with Crippen molar-refractivity contribution in [1.82, 2.24) is 0 Å². The number of rotatable bonds is 7. The van der Waals surface area contributed by atoms with Crippen molar-refractivity contribution in [1.29, 1.82) is 0 Å². The van der Waals surface area contributed by atoms with Crippen LogP contribution in [0.3, 0.4) is 0 Å². The molecule has 1 fully saturated rings. The van der Waals surface area contributed by atoms with Crippen molar-refractivity contribution >= 4 is 0 Å². The fourth-order valence-corrected chi connectivity index (χ4v) is 3.48. The van der Waals surface area contributed by atoms with E-state index in [1.807, 2.05) is 0 Å². The second kappa shape index (κ2) is 9.02. The number of hydrogen-bond acceptors (Lipinski definition) is 0. The molecule has 2 rings (SSSR count). The molecular weight excluding hydrogens is 259 g/mol. The quantitative estimate of drug-likeness (QED) is 0.556. The summed E-state index contributed by atoms with van der Waals surface area (Å²) in [6.45, 7) is 2.33. The van der Waals surface area contributed by atoms with Gasteiger partial charge in [-0.25, -0.2) is 4.39 Å². The molecule has 1 aromatic carbocycles. The second-order valence-corrected chi connectivity index (χ2v) is 6.55. The van der Waals surface area contributed by atoms with E-state index in [9.17, 15) is 4.39 Å². The van der Waals surface area contributed by atoms with Crippen molar-refractivity contribution in [2.75, 3.05) is 0 Å². The Morgan fingerprint density at radius 2 is 1.52 bits per heavy atom. The maximum atomic E-state index is 11.9. The van der Waals surface area contributed by atoms with Crippen molar-refractivity contribution in [3.63, 3.8) is 0 Å². The van der Waals surface area contributed by atoms with Crippen LogP contribution in [0.4, 0.5) is 4.39 Å². The third-order valence-electron chi connectivity index (χ3n) is 5.10. The van der Waals surface area contributed by atoms with Gasteiger partial charge in [-0.15, -0.1) is 0 Å². The molecule has 0 heterocycles. The summed E-state index contributed by atoms with van der Waals surface area (Å²) in [7, 11) is 0. The molecule has 0 radical (unpaired) electrons. The van der Waals surface area contributed by atoms with Crippen molar-refractivity contribution in [3.05, 3.63) is 47.8 Å². The molecule has 1 aliphatic carbocycles. The summed E-state index contributed by atoms with van der Waals surface area (Å²) in [5.74, 6) is 1.95. The molecule has 1 aromatic rings. The van der Waals surface area contributed by atoms with Crippen LogP contribution in [0, 0.1) is 11.8 Å². The topological polar surface area (TPSA) is 0 Å². The second-order valence-electron chi connectivity index (χ2n) is 6.55. The van der Waals surface area contributed by atoms with Gasteiger partial charge in [0.15, 0.2) is 0 Å². The van der Waals surface area contributed by atoms with E-state index < -0.39 is 0 Å². The normalized spacial score (nSPS) is 22.8. The van der Waals surface area contributed by atoms with Crippen LogP contribution < -0.4 is 0 Å². The predicted octanol–water partition coefficient (Wildman–Crippen LogP) is 6.25. The van der Waals surface area contributed by atoms with E-state index in [0.29, 0.717) is 6.33 Å². The van der Waals surface area contributed by atoms with Gasteiger partial charge in [-0.3, -0.25) is 0 Å². The summed E-state index contributed by atoms with van der Waals surface area (Å²) in [6.07, 6.45) is 13.6. The molecule has 116 valence electrons. The summed E-state index contributed by atoms with van der Waals surface area (Å²) in [5, 5.41) is 0. The highest BCUT2D eigenvalue weighted by molar-refractivity contribution is 5.23. The van der Waals surface area contributed by atoms with Crippen LogP contribution in [0.25, 0.3) is 0 Å². The van der Waals surface area contributed by atoms with Crippen molar-refractivity contribution in [3.8, 4) is 0 Å². The van der Waals surface area contributed by atoms with Gasteiger partial charge >= 0.3 is 0 Å². The van der Waals surface area contributed by atoms with Gasteiger partial charge in [0.2, 0.25) is 0 Å². The Bertz CT molecular complexity index is 410. The molecule has 1 aliphatic rings. The highest BCUT2D eigenvalue weighted by atomic mass is 19.1. The fraction of sp³-hybridized carbons (Fsp3) is 0.600. The average molecular weight is 288 g/mol. The maximum absolute atomic E-state index is 11.9. The molecule has 0 saturated heterocycles. The molecule has 0 N–H and O–H groups in total. The lowest BCUT2D eigenvalue weighted by Crippen LogP contribution is -2.14. The zero-order valence-corrected chi connectivity index (χ0v) is 13.4.